The van der Waals surface area contributed by atoms with Crippen molar-refractivity contribution in [3.63, 3.8) is 0 Å². The molecule has 0 saturated heterocycles. The first-order valence-electron chi connectivity index (χ1n) is 11.6. The fourth-order valence-corrected chi connectivity index (χ4v) is 4.84. The molecule has 1 aromatic heterocycles. The SMILES string of the molecule is CC(N)C(=O)NC(Cc1csc2ccccc12)C(=O)NCNC=O.Cc1cccc2c1C=CCC2. The monoisotopic (exact) mass is 492 g/mol. The fourth-order valence-electron chi connectivity index (χ4n) is 3.86. The molecule has 2 aromatic carbocycles. The molecule has 1 aliphatic carbocycles. The van der Waals surface area contributed by atoms with Gasteiger partial charge in [-0.05, 0) is 65.8 Å². The van der Waals surface area contributed by atoms with Crippen molar-refractivity contribution < 1.29 is 14.4 Å². The molecular formula is C27H32N4O3S. The van der Waals surface area contributed by atoms with Crippen LogP contribution in [0.4, 0.5) is 0 Å². The van der Waals surface area contributed by atoms with Gasteiger partial charge in [-0.25, -0.2) is 0 Å². The summed E-state index contributed by atoms with van der Waals surface area (Å²) in [6.07, 6.45) is 7.76. The standard InChI is InChI=1S/C16H20N4O3S.C11H12/c1-10(17)15(22)20-13(16(23)19-8-18-9-21)6-11-7-24-14-5-3-2-4-12(11)14;1-9-5-4-7-10-6-2-3-8-11(9)10/h2-5,7,9-10,13H,6,8,17H2,1H3,(H,18,21)(H,19,23)(H,20,22);3-5,7-8H,2,6H2,1H3. The predicted molar refractivity (Wildman–Crippen MR) is 142 cm³/mol. The molecule has 35 heavy (non-hydrogen) atoms. The highest BCUT2D eigenvalue weighted by atomic mass is 32.1. The molecule has 8 heteroatoms. The number of amides is 3. The van der Waals surface area contributed by atoms with Crippen LogP contribution in [0.2, 0.25) is 0 Å². The number of allylic oxidation sites excluding steroid dienone is 1. The Morgan fingerprint density at radius 1 is 1.14 bits per heavy atom. The van der Waals surface area contributed by atoms with E-state index in [4.69, 9.17) is 5.73 Å². The lowest BCUT2D eigenvalue weighted by atomic mass is 9.94. The number of carbonyl (C=O) groups excluding carboxylic acids is 3. The van der Waals surface area contributed by atoms with E-state index in [0.29, 0.717) is 12.8 Å². The maximum absolute atomic E-state index is 12.3. The first kappa shape index (κ1) is 26.1. The Kier molecular flexibility index (Phi) is 9.57. The zero-order chi connectivity index (χ0) is 25.2. The van der Waals surface area contributed by atoms with Gasteiger partial charge in [0.25, 0.3) is 0 Å². The van der Waals surface area contributed by atoms with Gasteiger partial charge < -0.3 is 21.7 Å². The summed E-state index contributed by atoms with van der Waals surface area (Å²) in [4.78, 5) is 34.5. The van der Waals surface area contributed by atoms with E-state index in [9.17, 15) is 14.4 Å². The maximum Gasteiger partial charge on any atom is 0.244 e. The number of hydrogen-bond donors (Lipinski definition) is 4. The van der Waals surface area contributed by atoms with Gasteiger partial charge in [0.1, 0.15) is 6.04 Å². The van der Waals surface area contributed by atoms with Gasteiger partial charge in [-0.15, -0.1) is 11.3 Å². The topological polar surface area (TPSA) is 113 Å². The summed E-state index contributed by atoms with van der Waals surface area (Å²) in [5.74, 6) is -0.785. The van der Waals surface area contributed by atoms with Crippen LogP contribution < -0.4 is 21.7 Å². The quantitative estimate of drug-likeness (QED) is 0.220. The van der Waals surface area contributed by atoms with Crippen molar-refractivity contribution in [1.82, 2.24) is 16.0 Å². The highest BCUT2D eigenvalue weighted by molar-refractivity contribution is 7.17. The summed E-state index contributed by atoms with van der Waals surface area (Å²) in [6.45, 7) is 3.73. The van der Waals surface area contributed by atoms with Gasteiger partial charge in [0.2, 0.25) is 18.2 Å². The number of thiophene rings is 1. The summed E-state index contributed by atoms with van der Waals surface area (Å²) in [5, 5.41) is 10.6. The Bertz CT molecular complexity index is 1200. The highest BCUT2D eigenvalue weighted by Crippen LogP contribution is 2.26. The van der Waals surface area contributed by atoms with Crippen molar-refractivity contribution >= 4 is 45.7 Å². The molecule has 0 spiro atoms. The third-order valence-electron chi connectivity index (χ3n) is 5.76. The minimum Gasteiger partial charge on any atom is -0.343 e. The fraction of sp³-hybridized carbons (Fsp3) is 0.296. The third kappa shape index (κ3) is 7.24. The van der Waals surface area contributed by atoms with Crippen molar-refractivity contribution in [2.75, 3.05) is 6.67 Å². The second-order valence-corrected chi connectivity index (χ2v) is 9.35. The second-order valence-electron chi connectivity index (χ2n) is 8.44. The van der Waals surface area contributed by atoms with Crippen LogP contribution in [-0.2, 0) is 27.2 Å². The Balaban J connectivity index is 0.000000256. The summed E-state index contributed by atoms with van der Waals surface area (Å²) in [5.41, 5.74) is 10.9. The molecule has 3 amide bonds. The van der Waals surface area contributed by atoms with Crippen LogP contribution in [-0.4, -0.2) is 37.0 Å². The number of nitrogens with one attached hydrogen (secondary N) is 3. The van der Waals surface area contributed by atoms with E-state index in [1.165, 1.54) is 29.5 Å². The zero-order valence-corrected chi connectivity index (χ0v) is 20.9. The van der Waals surface area contributed by atoms with Crippen LogP contribution in [0.5, 0.6) is 0 Å². The lowest BCUT2D eigenvalue weighted by Gasteiger charge is -2.19. The van der Waals surface area contributed by atoms with Gasteiger partial charge in [-0.2, -0.15) is 0 Å². The molecule has 0 aliphatic heterocycles. The Labute approximate surface area is 209 Å². The zero-order valence-electron chi connectivity index (χ0n) is 20.0. The van der Waals surface area contributed by atoms with Crippen molar-refractivity contribution in [1.29, 1.82) is 0 Å². The number of nitrogens with two attached hydrogens (primary N) is 1. The first-order valence-corrected chi connectivity index (χ1v) is 12.5. The van der Waals surface area contributed by atoms with Gasteiger partial charge in [0, 0.05) is 11.1 Å². The Morgan fingerprint density at radius 3 is 2.69 bits per heavy atom. The minimum absolute atomic E-state index is 0.00271. The van der Waals surface area contributed by atoms with Gasteiger partial charge in [-0.1, -0.05) is 48.6 Å². The second kappa shape index (κ2) is 12.8. The van der Waals surface area contributed by atoms with Crippen LogP contribution in [0.15, 0.2) is 53.9 Å². The highest BCUT2D eigenvalue weighted by Gasteiger charge is 2.23. The van der Waals surface area contributed by atoms with Crippen LogP contribution in [0, 0.1) is 6.92 Å². The largest absolute Gasteiger partial charge is 0.343 e. The molecule has 0 radical (unpaired) electrons. The average Bonchev–Trinajstić information content (AvgIpc) is 3.27. The van der Waals surface area contributed by atoms with Crippen LogP contribution in [0.3, 0.4) is 0 Å². The molecule has 3 aromatic rings. The normalized spacial score (nSPS) is 13.6. The Morgan fingerprint density at radius 2 is 1.94 bits per heavy atom. The molecule has 1 heterocycles. The number of benzene rings is 2. The molecule has 2 unspecified atom stereocenters. The summed E-state index contributed by atoms with van der Waals surface area (Å²) >= 11 is 1.59. The van der Waals surface area contributed by atoms with Crippen LogP contribution in [0.1, 0.15) is 35.6 Å². The molecule has 7 nitrogen and oxygen atoms in total. The number of fused-ring (bicyclic) bond motifs is 2. The van der Waals surface area contributed by atoms with E-state index < -0.39 is 18.0 Å². The minimum atomic E-state index is -0.769. The van der Waals surface area contributed by atoms with Crippen molar-refractivity contribution in [3.05, 3.63) is 76.2 Å². The lowest BCUT2D eigenvalue weighted by Crippen LogP contribution is -2.52. The Hall–Kier alpha value is -3.49. The molecule has 0 bridgehead atoms. The summed E-state index contributed by atoms with van der Waals surface area (Å²) in [6, 6.07) is 12.9. The number of carbonyl (C=O) groups is 3. The van der Waals surface area contributed by atoms with E-state index >= 15 is 0 Å². The molecule has 1 aliphatic rings. The molecule has 5 N–H and O–H groups in total. The van der Waals surface area contributed by atoms with E-state index in [1.54, 1.807) is 18.3 Å². The summed E-state index contributed by atoms with van der Waals surface area (Å²) in [7, 11) is 0. The van der Waals surface area contributed by atoms with E-state index in [1.807, 2.05) is 29.6 Å². The predicted octanol–water partition coefficient (Wildman–Crippen LogP) is 3.05. The van der Waals surface area contributed by atoms with Gasteiger partial charge >= 0.3 is 0 Å². The van der Waals surface area contributed by atoms with Gasteiger partial charge in [-0.3, -0.25) is 14.4 Å². The molecule has 4 rings (SSSR count). The summed E-state index contributed by atoms with van der Waals surface area (Å²) < 4.78 is 1.12. The van der Waals surface area contributed by atoms with Crippen LogP contribution in [0.25, 0.3) is 16.2 Å². The molecule has 2 atom stereocenters. The number of hydrogen-bond acceptors (Lipinski definition) is 5. The van der Waals surface area contributed by atoms with Crippen molar-refractivity contribution in [2.45, 2.75) is 45.2 Å². The average molecular weight is 493 g/mol. The molecule has 0 fully saturated rings. The third-order valence-corrected chi connectivity index (χ3v) is 6.77. The first-order chi connectivity index (χ1) is 16.9. The van der Waals surface area contributed by atoms with Crippen molar-refractivity contribution in [3.8, 4) is 0 Å². The number of rotatable bonds is 8. The van der Waals surface area contributed by atoms with E-state index in [-0.39, 0.29) is 12.6 Å². The molecule has 0 saturated carbocycles. The molecule has 184 valence electrons. The van der Waals surface area contributed by atoms with Gasteiger partial charge in [0.15, 0.2) is 0 Å². The van der Waals surface area contributed by atoms with E-state index in [2.05, 4.69) is 53.2 Å². The van der Waals surface area contributed by atoms with Crippen molar-refractivity contribution in [2.24, 2.45) is 5.73 Å². The maximum atomic E-state index is 12.3. The lowest BCUT2D eigenvalue weighted by molar-refractivity contribution is -0.129. The van der Waals surface area contributed by atoms with E-state index in [0.717, 1.165) is 15.6 Å². The van der Waals surface area contributed by atoms with Gasteiger partial charge in [0.05, 0.1) is 12.7 Å². The molecular weight excluding hydrogens is 460 g/mol. The van der Waals surface area contributed by atoms with Crippen LogP contribution >= 0.6 is 11.3 Å². The smallest absolute Gasteiger partial charge is 0.244 e. The number of aryl methyl sites for hydroxylation is 2.